The van der Waals surface area contributed by atoms with Crippen LogP contribution in [0.5, 0.6) is 11.5 Å². The summed E-state index contributed by atoms with van der Waals surface area (Å²) in [7, 11) is 0. The van der Waals surface area contributed by atoms with E-state index in [1.165, 1.54) is 0 Å². The second kappa shape index (κ2) is 8.28. The molecule has 1 heterocycles. The summed E-state index contributed by atoms with van der Waals surface area (Å²) >= 11 is 0. The summed E-state index contributed by atoms with van der Waals surface area (Å²) in [5.74, 6) is 1.41. The van der Waals surface area contributed by atoms with Gasteiger partial charge in [0.05, 0.1) is 5.54 Å². The molecule has 0 radical (unpaired) electrons. The molecule has 0 aliphatic carbocycles. The number of piperidine rings is 1. The van der Waals surface area contributed by atoms with Gasteiger partial charge in [-0.1, -0.05) is 48.5 Å². The number of para-hydroxylation sites is 1. The van der Waals surface area contributed by atoms with E-state index >= 15 is 0 Å². The molecule has 1 aliphatic heterocycles. The maximum atomic E-state index is 13.0. The van der Waals surface area contributed by atoms with Crippen LogP contribution >= 0.6 is 0 Å². The van der Waals surface area contributed by atoms with Crippen molar-refractivity contribution >= 4 is 5.91 Å². The molecule has 1 aliphatic rings. The first-order valence-corrected chi connectivity index (χ1v) is 9.67. The Bertz CT molecular complexity index is 902. The Hall–Kier alpha value is -3.11. The second-order valence-electron chi connectivity index (χ2n) is 7.12. The van der Waals surface area contributed by atoms with Crippen molar-refractivity contribution in [2.75, 3.05) is 13.1 Å². The lowest BCUT2D eigenvalue weighted by Gasteiger charge is -2.39. The summed E-state index contributed by atoms with van der Waals surface area (Å²) in [5.41, 5.74) is 1.39. The lowest BCUT2D eigenvalue weighted by molar-refractivity contribution is 0.0876. The third kappa shape index (κ3) is 4.07. The number of ether oxygens (including phenoxy) is 1. The number of nitrogens with one attached hydrogen (secondary N) is 2. The molecule has 0 saturated carbocycles. The molecule has 4 rings (SSSR count). The minimum atomic E-state index is -0.379. The zero-order valence-electron chi connectivity index (χ0n) is 15.7. The number of carbonyl (C=O) groups is 1. The molecule has 3 aromatic carbocycles. The highest BCUT2D eigenvalue weighted by Gasteiger charge is 2.35. The third-order valence-corrected chi connectivity index (χ3v) is 5.16. The van der Waals surface area contributed by atoms with Crippen LogP contribution in [0.2, 0.25) is 0 Å². The summed E-state index contributed by atoms with van der Waals surface area (Å²) in [4.78, 5) is 13.0. The predicted octanol–water partition coefficient (Wildman–Crippen LogP) is 4.49. The molecular weight excluding hydrogens is 348 g/mol. The maximum absolute atomic E-state index is 13.0. The van der Waals surface area contributed by atoms with Crippen LogP contribution in [0.3, 0.4) is 0 Å². The topological polar surface area (TPSA) is 50.4 Å². The largest absolute Gasteiger partial charge is 0.457 e. The van der Waals surface area contributed by atoms with Crippen LogP contribution in [-0.2, 0) is 5.54 Å². The first-order chi connectivity index (χ1) is 13.8. The van der Waals surface area contributed by atoms with Gasteiger partial charge in [0.25, 0.3) is 5.91 Å². The highest BCUT2D eigenvalue weighted by atomic mass is 16.5. The fourth-order valence-corrected chi connectivity index (χ4v) is 3.68. The molecule has 0 bridgehead atoms. The summed E-state index contributed by atoms with van der Waals surface area (Å²) in [6.07, 6.45) is 1.95. The molecule has 4 nitrogen and oxygen atoms in total. The Morgan fingerprint density at radius 3 is 2.14 bits per heavy atom. The summed E-state index contributed by atoms with van der Waals surface area (Å²) in [5, 5.41) is 6.72. The van der Waals surface area contributed by atoms with Crippen LogP contribution in [0.15, 0.2) is 84.9 Å². The molecule has 0 unspecified atom stereocenters. The van der Waals surface area contributed by atoms with Crippen molar-refractivity contribution in [3.05, 3.63) is 96.1 Å². The van der Waals surface area contributed by atoms with Crippen molar-refractivity contribution in [2.24, 2.45) is 0 Å². The van der Waals surface area contributed by atoms with Crippen LogP contribution in [0.25, 0.3) is 0 Å². The van der Waals surface area contributed by atoms with E-state index in [1.54, 1.807) is 0 Å². The van der Waals surface area contributed by atoms with Crippen LogP contribution in [0.4, 0.5) is 0 Å². The van der Waals surface area contributed by atoms with Crippen LogP contribution in [0, 0.1) is 0 Å². The zero-order chi connectivity index (χ0) is 19.2. The predicted molar refractivity (Wildman–Crippen MR) is 111 cm³/mol. The number of hydrogen-bond acceptors (Lipinski definition) is 3. The quantitative estimate of drug-likeness (QED) is 0.694. The molecule has 2 N–H and O–H groups in total. The fraction of sp³-hybridized carbons (Fsp3) is 0.208. The van der Waals surface area contributed by atoms with Crippen molar-refractivity contribution in [2.45, 2.75) is 18.4 Å². The molecule has 1 saturated heterocycles. The van der Waals surface area contributed by atoms with Gasteiger partial charge in [-0.15, -0.1) is 0 Å². The van der Waals surface area contributed by atoms with Gasteiger partial charge >= 0.3 is 0 Å². The Balaban J connectivity index is 1.50. The van der Waals surface area contributed by atoms with Crippen molar-refractivity contribution in [3.8, 4) is 11.5 Å². The molecule has 142 valence electrons. The number of benzene rings is 3. The number of rotatable bonds is 5. The van der Waals surface area contributed by atoms with E-state index in [4.69, 9.17) is 4.74 Å². The van der Waals surface area contributed by atoms with Crippen molar-refractivity contribution in [1.29, 1.82) is 0 Å². The number of amides is 1. The second-order valence-corrected chi connectivity index (χ2v) is 7.12. The summed E-state index contributed by atoms with van der Waals surface area (Å²) < 4.78 is 5.81. The first kappa shape index (κ1) is 18.3. The van der Waals surface area contributed by atoms with E-state index in [-0.39, 0.29) is 11.4 Å². The SMILES string of the molecule is O=C(N[C@]1(c2ccccc2)CCCNC1)c1ccc(Oc2ccccc2)cc1. The van der Waals surface area contributed by atoms with E-state index in [2.05, 4.69) is 22.8 Å². The van der Waals surface area contributed by atoms with Crippen molar-refractivity contribution in [1.82, 2.24) is 10.6 Å². The van der Waals surface area contributed by atoms with Gasteiger partial charge in [0, 0.05) is 12.1 Å². The van der Waals surface area contributed by atoms with Crippen molar-refractivity contribution in [3.63, 3.8) is 0 Å². The highest BCUT2D eigenvalue weighted by molar-refractivity contribution is 5.95. The zero-order valence-corrected chi connectivity index (χ0v) is 15.7. The van der Waals surface area contributed by atoms with Crippen LogP contribution < -0.4 is 15.4 Å². The molecule has 1 fully saturated rings. The van der Waals surface area contributed by atoms with E-state index in [9.17, 15) is 4.79 Å². The van der Waals surface area contributed by atoms with Gasteiger partial charge in [0.2, 0.25) is 0 Å². The molecule has 28 heavy (non-hydrogen) atoms. The molecule has 0 spiro atoms. The lowest BCUT2D eigenvalue weighted by Crippen LogP contribution is -2.55. The normalized spacial score (nSPS) is 19.0. The maximum Gasteiger partial charge on any atom is 0.252 e. The molecular formula is C24H24N2O2. The fourth-order valence-electron chi connectivity index (χ4n) is 3.68. The smallest absolute Gasteiger partial charge is 0.252 e. The van der Waals surface area contributed by atoms with E-state index in [0.717, 1.165) is 37.2 Å². The molecule has 0 aromatic heterocycles. The van der Waals surface area contributed by atoms with Gasteiger partial charge in [0.15, 0.2) is 0 Å². The van der Waals surface area contributed by atoms with E-state index in [0.29, 0.717) is 11.3 Å². The average Bonchev–Trinajstić information content (AvgIpc) is 2.76. The highest BCUT2D eigenvalue weighted by Crippen LogP contribution is 2.29. The Labute approximate surface area is 165 Å². The minimum absolute atomic E-state index is 0.0705. The lowest BCUT2D eigenvalue weighted by atomic mass is 9.82. The van der Waals surface area contributed by atoms with Crippen molar-refractivity contribution < 1.29 is 9.53 Å². The Morgan fingerprint density at radius 2 is 1.50 bits per heavy atom. The molecule has 3 aromatic rings. The molecule has 1 atom stereocenters. The van der Waals surface area contributed by atoms with E-state index < -0.39 is 0 Å². The summed E-state index contributed by atoms with van der Waals surface area (Å²) in [6.45, 7) is 1.72. The third-order valence-electron chi connectivity index (χ3n) is 5.16. The standard InChI is InChI=1S/C24H24N2O2/c27-23(19-12-14-22(15-13-19)28-21-10-5-2-6-11-21)26-24(16-7-17-25-18-24)20-8-3-1-4-9-20/h1-6,8-15,25H,7,16-18H2,(H,26,27)/t24-/m1/s1. The Kier molecular flexibility index (Phi) is 5.40. The van der Waals surface area contributed by atoms with E-state index in [1.807, 2.05) is 72.8 Å². The molecule has 4 heteroatoms. The van der Waals surface area contributed by atoms with Gasteiger partial charge in [-0.2, -0.15) is 0 Å². The summed E-state index contributed by atoms with van der Waals surface area (Å²) in [6, 6.07) is 27.1. The monoisotopic (exact) mass is 372 g/mol. The van der Waals surface area contributed by atoms with Crippen LogP contribution in [-0.4, -0.2) is 19.0 Å². The van der Waals surface area contributed by atoms with Gasteiger partial charge in [-0.05, 0) is 61.3 Å². The first-order valence-electron chi connectivity index (χ1n) is 9.67. The number of hydrogen-bond donors (Lipinski definition) is 2. The average molecular weight is 372 g/mol. The van der Waals surface area contributed by atoms with Gasteiger partial charge in [-0.25, -0.2) is 0 Å². The van der Waals surface area contributed by atoms with Gasteiger partial charge in [-0.3, -0.25) is 4.79 Å². The Morgan fingerprint density at radius 1 is 0.857 bits per heavy atom. The molecule has 1 amide bonds. The van der Waals surface area contributed by atoms with Gasteiger partial charge in [0.1, 0.15) is 11.5 Å². The van der Waals surface area contributed by atoms with Gasteiger partial charge < -0.3 is 15.4 Å². The number of carbonyl (C=O) groups excluding carboxylic acids is 1. The minimum Gasteiger partial charge on any atom is -0.457 e. The van der Waals surface area contributed by atoms with Crippen LogP contribution in [0.1, 0.15) is 28.8 Å².